The van der Waals surface area contributed by atoms with Crippen molar-refractivity contribution in [3.63, 3.8) is 0 Å². The second-order valence-electron chi connectivity index (χ2n) is 4.39. The molecule has 0 aliphatic carbocycles. The van der Waals surface area contributed by atoms with Crippen LogP contribution in [-0.2, 0) is 10.6 Å². The van der Waals surface area contributed by atoms with Gasteiger partial charge in [0.1, 0.15) is 5.82 Å². The predicted molar refractivity (Wildman–Crippen MR) is 71.0 cm³/mol. The van der Waals surface area contributed by atoms with Crippen LogP contribution in [-0.4, -0.2) is 30.3 Å². The number of morpholine rings is 1. The second kappa shape index (κ2) is 5.42. The van der Waals surface area contributed by atoms with Crippen LogP contribution >= 0.6 is 23.2 Å². The van der Waals surface area contributed by atoms with E-state index in [0.29, 0.717) is 10.9 Å². The Labute approximate surface area is 112 Å². The zero-order valence-corrected chi connectivity index (χ0v) is 11.5. The number of anilines is 1. The van der Waals surface area contributed by atoms with Crippen molar-refractivity contribution in [2.45, 2.75) is 31.9 Å². The Morgan fingerprint density at radius 2 is 2.00 bits per heavy atom. The van der Waals surface area contributed by atoms with E-state index in [4.69, 9.17) is 27.9 Å². The summed E-state index contributed by atoms with van der Waals surface area (Å²) in [7, 11) is 0. The third-order valence-corrected chi connectivity index (χ3v) is 3.37. The van der Waals surface area contributed by atoms with Crippen molar-refractivity contribution in [1.29, 1.82) is 0 Å². The predicted octanol–water partition coefficient (Wildman–Crippen LogP) is 3.09. The van der Waals surface area contributed by atoms with Crippen LogP contribution in [0.4, 0.5) is 5.82 Å². The fourth-order valence-electron chi connectivity index (χ4n) is 2.11. The zero-order valence-electron chi connectivity index (χ0n) is 9.99. The molecule has 2 atom stereocenters. The first-order valence-electron chi connectivity index (χ1n) is 5.72. The molecule has 0 N–H and O–H groups in total. The van der Waals surface area contributed by atoms with Crippen molar-refractivity contribution in [3.05, 3.63) is 22.8 Å². The molecule has 1 aromatic heterocycles. The van der Waals surface area contributed by atoms with Crippen molar-refractivity contribution in [1.82, 2.24) is 4.98 Å². The fourth-order valence-corrected chi connectivity index (χ4v) is 2.55. The molecule has 94 valence electrons. The molecule has 0 radical (unpaired) electrons. The summed E-state index contributed by atoms with van der Waals surface area (Å²) < 4.78 is 5.70. The largest absolute Gasteiger partial charge is 0.372 e. The van der Waals surface area contributed by atoms with Crippen molar-refractivity contribution >= 4 is 29.0 Å². The van der Waals surface area contributed by atoms with Crippen LogP contribution in [0.1, 0.15) is 19.5 Å². The summed E-state index contributed by atoms with van der Waals surface area (Å²) in [5.41, 5.74) is 0.734. The maximum atomic E-state index is 6.00. The molecule has 2 rings (SSSR count). The van der Waals surface area contributed by atoms with Crippen LogP contribution in [0.2, 0.25) is 5.02 Å². The summed E-state index contributed by atoms with van der Waals surface area (Å²) in [5, 5.41) is 0.623. The maximum Gasteiger partial charge on any atom is 0.129 e. The Kier molecular flexibility index (Phi) is 4.13. The summed E-state index contributed by atoms with van der Waals surface area (Å²) in [6, 6.07) is 3.79. The molecule has 1 aromatic rings. The fraction of sp³-hybridized carbons (Fsp3) is 0.583. The quantitative estimate of drug-likeness (QED) is 0.775. The number of hydrogen-bond donors (Lipinski definition) is 0. The average Bonchev–Trinajstić information content (AvgIpc) is 2.28. The summed E-state index contributed by atoms with van der Waals surface area (Å²) in [5.74, 6) is 1.26. The molecular formula is C12H16Cl2N2O. The van der Waals surface area contributed by atoms with Gasteiger partial charge in [-0.1, -0.05) is 11.6 Å². The molecule has 1 aliphatic heterocycles. The third-order valence-electron chi connectivity index (χ3n) is 2.77. The summed E-state index contributed by atoms with van der Waals surface area (Å²) in [6.07, 6.45) is 0.436. The van der Waals surface area contributed by atoms with Crippen LogP contribution in [0.15, 0.2) is 12.1 Å². The summed E-state index contributed by atoms with van der Waals surface area (Å²) in [6.45, 7) is 5.84. The van der Waals surface area contributed by atoms with Gasteiger partial charge in [-0.25, -0.2) is 4.98 Å². The highest BCUT2D eigenvalue weighted by Gasteiger charge is 2.23. The van der Waals surface area contributed by atoms with Gasteiger partial charge in [-0.2, -0.15) is 0 Å². The van der Waals surface area contributed by atoms with Crippen LogP contribution in [0.25, 0.3) is 0 Å². The van der Waals surface area contributed by atoms with Gasteiger partial charge in [0, 0.05) is 13.1 Å². The number of rotatable bonds is 2. The van der Waals surface area contributed by atoms with Gasteiger partial charge in [-0.15, -0.1) is 11.6 Å². The Morgan fingerprint density at radius 1 is 1.35 bits per heavy atom. The lowest BCUT2D eigenvalue weighted by atomic mass is 10.2. The molecule has 0 amide bonds. The van der Waals surface area contributed by atoms with Crippen LogP contribution in [0, 0.1) is 0 Å². The molecule has 0 unspecified atom stereocenters. The topological polar surface area (TPSA) is 25.4 Å². The van der Waals surface area contributed by atoms with Gasteiger partial charge in [0.25, 0.3) is 0 Å². The number of alkyl halides is 1. The lowest BCUT2D eigenvalue weighted by Crippen LogP contribution is -2.45. The molecular weight excluding hydrogens is 259 g/mol. The average molecular weight is 275 g/mol. The first-order chi connectivity index (χ1) is 8.10. The van der Waals surface area contributed by atoms with Crippen LogP contribution < -0.4 is 4.90 Å². The Bertz CT molecular complexity index is 390. The Hall–Kier alpha value is -0.510. The van der Waals surface area contributed by atoms with Crippen molar-refractivity contribution in [3.8, 4) is 0 Å². The first-order valence-corrected chi connectivity index (χ1v) is 6.63. The molecule has 3 nitrogen and oxygen atoms in total. The number of nitrogens with zero attached hydrogens (tertiary/aromatic N) is 2. The van der Waals surface area contributed by atoms with Crippen molar-refractivity contribution in [2.75, 3.05) is 18.0 Å². The number of ether oxygens (including phenoxy) is 1. The van der Waals surface area contributed by atoms with Gasteiger partial charge in [0.15, 0.2) is 0 Å². The van der Waals surface area contributed by atoms with E-state index in [0.717, 1.165) is 24.6 Å². The van der Waals surface area contributed by atoms with Gasteiger partial charge >= 0.3 is 0 Å². The van der Waals surface area contributed by atoms with Gasteiger partial charge in [-0.05, 0) is 26.0 Å². The molecule has 1 fully saturated rings. The maximum absolute atomic E-state index is 6.00. The van der Waals surface area contributed by atoms with Crippen molar-refractivity contribution in [2.24, 2.45) is 0 Å². The zero-order chi connectivity index (χ0) is 12.4. The monoisotopic (exact) mass is 274 g/mol. The lowest BCUT2D eigenvalue weighted by molar-refractivity contribution is -0.00546. The van der Waals surface area contributed by atoms with Gasteiger partial charge in [0.05, 0.1) is 28.8 Å². The van der Waals surface area contributed by atoms with E-state index in [9.17, 15) is 0 Å². The van der Waals surface area contributed by atoms with E-state index in [1.54, 1.807) is 0 Å². The third kappa shape index (κ3) is 3.03. The van der Waals surface area contributed by atoms with Gasteiger partial charge in [0.2, 0.25) is 0 Å². The van der Waals surface area contributed by atoms with E-state index >= 15 is 0 Å². The Morgan fingerprint density at radius 3 is 2.59 bits per heavy atom. The minimum atomic E-state index is 0.218. The van der Waals surface area contributed by atoms with E-state index < -0.39 is 0 Å². The second-order valence-corrected chi connectivity index (χ2v) is 5.07. The van der Waals surface area contributed by atoms with E-state index in [1.165, 1.54) is 0 Å². The molecule has 0 bridgehead atoms. The highest BCUT2D eigenvalue weighted by atomic mass is 35.5. The highest BCUT2D eigenvalue weighted by molar-refractivity contribution is 6.32. The lowest BCUT2D eigenvalue weighted by Gasteiger charge is -2.36. The molecule has 1 aliphatic rings. The normalized spacial score (nSPS) is 25.1. The minimum Gasteiger partial charge on any atom is -0.372 e. The number of aromatic nitrogens is 1. The molecule has 1 saturated heterocycles. The highest BCUT2D eigenvalue weighted by Crippen LogP contribution is 2.23. The first kappa shape index (κ1) is 12.9. The molecule has 0 saturated carbocycles. The van der Waals surface area contributed by atoms with E-state index in [1.807, 2.05) is 12.1 Å². The number of pyridine rings is 1. The Balaban J connectivity index is 2.21. The van der Waals surface area contributed by atoms with Crippen molar-refractivity contribution < 1.29 is 4.74 Å². The molecule has 0 aromatic carbocycles. The molecule has 5 heteroatoms. The standard InChI is InChI=1S/C12H16Cl2N2O/c1-8-6-16(7-9(2)17-8)12-4-3-10(14)11(5-13)15-12/h3-4,8-9H,5-7H2,1-2H3/t8-,9+. The summed E-state index contributed by atoms with van der Waals surface area (Å²) in [4.78, 5) is 6.70. The van der Waals surface area contributed by atoms with E-state index in [2.05, 4.69) is 23.7 Å². The van der Waals surface area contributed by atoms with Crippen LogP contribution in [0.5, 0.6) is 0 Å². The molecule has 0 spiro atoms. The SMILES string of the molecule is C[C@@H]1CN(c2ccc(Cl)c(CCl)n2)C[C@H](C)O1. The summed E-state index contributed by atoms with van der Waals surface area (Å²) >= 11 is 11.8. The number of hydrogen-bond acceptors (Lipinski definition) is 3. The van der Waals surface area contributed by atoms with Crippen LogP contribution in [0.3, 0.4) is 0 Å². The minimum absolute atomic E-state index is 0.218. The molecule has 17 heavy (non-hydrogen) atoms. The van der Waals surface area contributed by atoms with E-state index in [-0.39, 0.29) is 12.2 Å². The molecule has 2 heterocycles. The van der Waals surface area contributed by atoms with Gasteiger partial charge < -0.3 is 9.64 Å². The smallest absolute Gasteiger partial charge is 0.129 e. The number of halogens is 2. The van der Waals surface area contributed by atoms with Gasteiger partial charge in [-0.3, -0.25) is 0 Å².